The fraction of sp³-hybridized carbons (Fsp3) is 0.333. The van der Waals surface area contributed by atoms with Crippen LogP contribution in [-0.2, 0) is 9.53 Å². The molecular formula is C18H18ClN3O3S. The zero-order chi connectivity index (χ0) is 18.5. The first-order valence-corrected chi connectivity index (χ1v) is 9.81. The summed E-state index contributed by atoms with van der Waals surface area (Å²) in [5.74, 6) is -0.966. The summed E-state index contributed by atoms with van der Waals surface area (Å²) < 4.78 is 5.56. The Morgan fingerprint density at radius 2 is 1.92 bits per heavy atom. The molecule has 1 atom stereocenters. The molecule has 2 heterocycles. The van der Waals surface area contributed by atoms with Gasteiger partial charge in [-0.3, -0.25) is 4.79 Å². The van der Waals surface area contributed by atoms with Crippen LogP contribution in [0, 0.1) is 0 Å². The van der Waals surface area contributed by atoms with Crippen molar-refractivity contribution in [2.45, 2.75) is 24.1 Å². The number of aromatic nitrogens is 2. The number of thioether (sulfide) groups is 1. The minimum absolute atomic E-state index is 0.0406. The summed E-state index contributed by atoms with van der Waals surface area (Å²) in [6.07, 6.45) is 4.04. The molecule has 1 unspecified atom stereocenters. The van der Waals surface area contributed by atoms with Crippen molar-refractivity contribution in [3.8, 4) is 0 Å². The van der Waals surface area contributed by atoms with Crippen LogP contribution in [0.3, 0.4) is 0 Å². The summed E-state index contributed by atoms with van der Waals surface area (Å²) in [5.41, 5.74) is 0.578. The number of amides is 1. The number of nitrogens with zero attached hydrogens (tertiary/aromatic N) is 3. The molecule has 1 fully saturated rings. The van der Waals surface area contributed by atoms with Crippen molar-refractivity contribution in [3.63, 3.8) is 0 Å². The summed E-state index contributed by atoms with van der Waals surface area (Å²) in [6.45, 7) is 1.34. The molecule has 2 aromatic rings. The number of hydrogen-bond donors (Lipinski definition) is 0. The van der Waals surface area contributed by atoms with Crippen molar-refractivity contribution in [1.82, 2.24) is 14.9 Å². The average Bonchev–Trinajstić information content (AvgIpc) is 3.21. The van der Waals surface area contributed by atoms with E-state index in [1.165, 1.54) is 18.0 Å². The fourth-order valence-electron chi connectivity index (χ4n) is 2.75. The number of ether oxygens (including phenoxy) is 1. The Morgan fingerprint density at radius 3 is 2.58 bits per heavy atom. The van der Waals surface area contributed by atoms with Crippen LogP contribution in [0.1, 0.15) is 35.0 Å². The lowest BCUT2D eigenvalue weighted by Crippen LogP contribution is -2.35. The summed E-state index contributed by atoms with van der Waals surface area (Å²) in [7, 11) is 0. The molecule has 8 heteroatoms. The molecule has 0 saturated carbocycles. The Kier molecular flexibility index (Phi) is 6.11. The zero-order valence-electron chi connectivity index (χ0n) is 14.2. The smallest absolute Gasteiger partial charge is 0.359 e. The van der Waals surface area contributed by atoms with Crippen molar-refractivity contribution in [3.05, 3.63) is 52.8 Å². The maximum Gasteiger partial charge on any atom is 0.359 e. The molecular weight excluding hydrogens is 374 g/mol. The molecule has 0 spiro atoms. The van der Waals surface area contributed by atoms with Gasteiger partial charge in [-0.05, 0) is 19.1 Å². The lowest BCUT2D eigenvalue weighted by molar-refractivity contribution is -0.140. The molecule has 0 radical (unpaired) electrons. The number of carbonyl (C=O) groups is 2. The van der Waals surface area contributed by atoms with E-state index in [0.717, 1.165) is 12.8 Å². The molecule has 3 rings (SSSR count). The number of halogens is 1. The highest BCUT2D eigenvalue weighted by Gasteiger charge is 2.32. The monoisotopic (exact) mass is 391 g/mol. The van der Waals surface area contributed by atoms with E-state index in [0.29, 0.717) is 23.8 Å². The van der Waals surface area contributed by atoms with Crippen molar-refractivity contribution in [2.24, 2.45) is 0 Å². The molecule has 1 amide bonds. The van der Waals surface area contributed by atoms with Crippen molar-refractivity contribution < 1.29 is 14.3 Å². The standard InChI is InChI=1S/C18H18ClN3O3S/c1-26-18-20-11-13(19)14(21-18)17(24)25-15(12-7-3-2-4-8-12)16(23)22-9-5-6-10-22/h2-4,7-8,11,15H,5-6,9-10H2,1H3. The van der Waals surface area contributed by atoms with Crippen molar-refractivity contribution in [1.29, 1.82) is 0 Å². The van der Waals surface area contributed by atoms with Gasteiger partial charge in [0.05, 0.1) is 11.2 Å². The first kappa shape index (κ1) is 18.7. The van der Waals surface area contributed by atoms with Gasteiger partial charge in [-0.15, -0.1) is 0 Å². The number of likely N-dealkylation sites (tertiary alicyclic amines) is 1. The average molecular weight is 392 g/mol. The van der Waals surface area contributed by atoms with Crippen LogP contribution < -0.4 is 0 Å². The van der Waals surface area contributed by atoms with Crippen LogP contribution in [0.4, 0.5) is 0 Å². The van der Waals surface area contributed by atoms with Crippen LogP contribution in [0.5, 0.6) is 0 Å². The Balaban J connectivity index is 1.88. The summed E-state index contributed by atoms with van der Waals surface area (Å²) >= 11 is 7.34. The summed E-state index contributed by atoms with van der Waals surface area (Å²) in [6, 6.07) is 8.98. The van der Waals surface area contributed by atoms with Gasteiger partial charge in [0.1, 0.15) is 0 Å². The topological polar surface area (TPSA) is 72.4 Å². The second-order valence-corrected chi connectivity index (χ2v) is 6.96. The number of carbonyl (C=O) groups excluding carboxylic acids is 2. The van der Waals surface area contributed by atoms with Gasteiger partial charge in [0, 0.05) is 18.7 Å². The van der Waals surface area contributed by atoms with E-state index in [2.05, 4.69) is 9.97 Å². The minimum Gasteiger partial charge on any atom is -0.443 e. The number of benzene rings is 1. The summed E-state index contributed by atoms with van der Waals surface area (Å²) in [5, 5.41) is 0.497. The van der Waals surface area contributed by atoms with Gasteiger partial charge in [-0.25, -0.2) is 14.8 Å². The number of rotatable bonds is 5. The minimum atomic E-state index is -1.02. The highest BCUT2D eigenvalue weighted by atomic mass is 35.5. The molecule has 1 aromatic carbocycles. The molecule has 1 aromatic heterocycles. The van der Waals surface area contributed by atoms with Gasteiger partial charge < -0.3 is 9.64 Å². The maximum atomic E-state index is 12.9. The second kappa shape index (κ2) is 8.51. The Bertz CT molecular complexity index is 798. The van der Waals surface area contributed by atoms with Gasteiger partial charge in [-0.2, -0.15) is 0 Å². The van der Waals surface area contributed by atoms with E-state index in [9.17, 15) is 9.59 Å². The lowest BCUT2D eigenvalue weighted by Gasteiger charge is -2.23. The molecule has 6 nitrogen and oxygen atoms in total. The van der Waals surface area contributed by atoms with Crippen LogP contribution >= 0.6 is 23.4 Å². The Hall–Kier alpha value is -2.12. The largest absolute Gasteiger partial charge is 0.443 e. The van der Waals surface area contributed by atoms with E-state index < -0.39 is 12.1 Å². The highest BCUT2D eigenvalue weighted by Crippen LogP contribution is 2.25. The molecule has 1 aliphatic rings. The van der Waals surface area contributed by atoms with E-state index in [1.54, 1.807) is 35.4 Å². The summed E-state index contributed by atoms with van der Waals surface area (Å²) in [4.78, 5) is 35.4. The van der Waals surface area contributed by atoms with E-state index in [1.807, 2.05) is 6.07 Å². The third-order valence-corrected chi connectivity index (χ3v) is 4.91. The SMILES string of the molecule is CSc1ncc(Cl)c(C(=O)OC(C(=O)N2CCCC2)c2ccccc2)n1. The van der Waals surface area contributed by atoms with E-state index in [4.69, 9.17) is 16.3 Å². The molecule has 1 saturated heterocycles. The quantitative estimate of drug-likeness (QED) is 0.442. The van der Waals surface area contributed by atoms with Gasteiger partial charge in [0.25, 0.3) is 5.91 Å². The third-order valence-electron chi connectivity index (χ3n) is 4.07. The molecule has 0 N–H and O–H groups in total. The Labute approximate surface area is 160 Å². The maximum absolute atomic E-state index is 12.9. The lowest BCUT2D eigenvalue weighted by atomic mass is 10.1. The second-order valence-electron chi connectivity index (χ2n) is 5.78. The molecule has 26 heavy (non-hydrogen) atoms. The van der Waals surface area contributed by atoms with Crippen molar-refractivity contribution >= 4 is 35.2 Å². The molecule has 0 aliphatic carbocycles. The van der Waals surface area contributed by atoms with Crippen LogP contribution in [0.2, 0.25) is 5.02 Å². The molecule has 1 aliphatic heterocycles. The predicted octanol–water partition coefficient (Wildman–Crippen LogP) is 3.37. The third kappa shape index (κ3) is 4.16. The number of hydrogen-bond acceptors (Lipinski definition) is 6. The Morgan fingerprint density at radius 1 is 1.23 bits per heavy atom. The fourth-order valence-corrected chi connectivity index (χ4v) is 3.26. The van der Waals surface area contributed by atoms with E-state index in [-0.39, 0.29) is 16.6 Å². The van der Waals surface area contributed by atoms with Gasteiger partial charge >= 0.3 is 5.97 Å². The predicted molar refractivity (Wildman–Crippen MR) is 99.2 cm³/mol. The normalized spacial score (nSPS) is 14.9. The van der Waals surface area contributed by atoms with Crippen molar-refractivity contribution in [2.75, 3.05) is 19.3 Å². The molecule has 136 valence electrons. The van der Waals surface area contributed by atoms with E-state index >= 15 is 0 Å². The zero-order valence-corrected chi connectivity index (χ0v) is 15.8. The van der Waals surface area contributed by atoms with Gasteiger partial charge in [0.15, 0.2) is 10.9 Å². The van der Waals surface area contributed by atoms with Gasteiger partial charge in [-0.1, -0.05) is 53.7 Å². The van der Waals surface area contributed by atoms with Crippen LogP contribution in [0.15, 0.2) is 41.7 Å². The number of esters is 1. The highest BCUT2D eigenvalue weighted by molar-refractivity contribution is 7.98. The van der Waals surface area contributed by atoms with Crippen LogP contribution in [-0.4, -0.2) is 46.1 Å². The first-order chi connectivity index (χ1) is 12.6. The van der Waals surface area contributed by atoms with Gasteiger partial charge in [0.2, 0.25) is 6.10 Å². The van der Waals surface area contributed by atoms with Crippen LogP contribution in [0.25, 0.3) is 0 Å². The first-order valence-electron chi connectivity index (χ1n) is 8.21. The molecule has 0 bridgehead atoms.